The van der Waals surface area contributed by atoms with Crippen molar-refractivity contribution >= 4 is 34.3 Å². The SMILES string of the molecule is CCC(CC)NC(=O)CSc1nnc2n(Cc3ccccc3)c(=O)c3ccccc3n12. The number of thioether (sulfide) groups is 1. The summed E-state index contributed by atoms with van der Waals surface area (Å²) in [7, 11) is 0. The molecule has 0 aliphatic carbocycles. The number of hydrogen-bond donors (Lipinski definition) is 1. The van der Waals surface area contributed by atoms with Gasteiger partial charge in [-0.05, 0) is 30.5 Å². The molecule has 2 aromatic carbocycles. The van der Waals surface area contributed by atoms with Crippen LogP contribution in [0, 0.1) is 0 Å². The lowest BCUT2D eigenvalue weighted by atomic mass is 10.2. The number of carbonyl (C=O) groups is 1. The van der Waals surface area contributed by atoms with E-state index in [2.05, 4.69) is 29.4 Å². The van der Waals surface area contributed by atoms with E-state index in [0.29, 0.717) is 22.9 Å². The van der Waals surface area contributed by atoms with E-state index in [4.69, 9.17) is 0 Å². The third-order valence-electron chi connectivity index (χ3n) is 5.34. The van der Waals surface area contributed by atoms with Crippen LogP contribution in [-0.2, 0) is 11.3 Å². The highest BCUT2D eigenvalue weighted by Crippen LogP contribution is 2.22. The summed E-state index contributed by atoms with van der Waals surface area (Å²) in [5.41, 5.74) is 1.63. The van der Waals surface area contributed by atoms with Gasteiger partial charge in [-0.15, -0.1) is 10.2 Å². The summed E-state index contributed by atoms with van der Waals surface area (Å²) < 4.78 is 3.51. The van der Waals surface area contributed by atoms with Crippen molar-refractivity contribution in [3.63, 3.8) is 0 Å². The molecule has 0 aliphatic rings. The average Bonchev–Trinajstić information content (AvgIpc) is 3.23. The molecular weight excluding hydrogens is 410 g/mol. The molecule has 31 heavy (non-hydrogen) atoms. The van der Waals surface area contributed by atoms with Crippen LogP contribution >= 0.6 is 11.8 Å². The van der Waals surface area contributed by atoms with E-state index in [9.17, 15) is 9.59 Å². The van der Waals surface area contributed by atoms with Crippen LogP contribution in [-0.4, -0.2) is 36.9 Å². The Bertz CT molecular complexity index is 1260. The number of hydrogen-bond acceptors (Lipinski definition) is 5. The molecule has 0 fully saturated rings. The van der Waals surface area contributed by atoms with Gasteiger partial charge >= 0.3 is 0 Å². The summed E-state index contributed by atoms with van der Waals surface area (Å²) in [6, 6.07) is 17.4. The maximum atomic E-state index is 13.2. The summed E-state index contributed by atoms with van der Waals surface area (Å²) in [4.78, 5) is 25.6. The van der Waals surface area contributed by atoms with E-state index in [1.807, 2.05) is 59.0 Å². The lowest BCUT2D eigenvalue weighted by molar-refractivity contribution is -0.119. The molecule has 0 atom stereocenters. The molecule has 4 aromatic rings. The van der Waals surface area contributed by atoms with E-state index in [0.717, 1.165) is 23.9 Å². The zero-order valence-corrected chi connectivity index (χ0v) is 18.4. The molecular formula is C23H25N5O2S. The molecule has 0 saturated heterocycles. The molecule has 2 aromatic heterocycles. The van der Waals surface area contributed by atoms with Crippen LogP contribution in [0.4, 0.5) is 0 Å². The van der Waals surface area contributed by atoms with Gasteiger partial charge in [-0.3, -0.25) is 18.6 Å². The topological polar surface area (TPSA) is 81.3 Å². The van der Waals surface area contributed by atoms with Gasteiger partial charge in [-0.2, -0.15) is 0 Å². The van der Waals surface area contributed by atoms with Crippen molar-refractivity contribution < 1.29 is 4.79 Å². The Balaban J connectivity index is 1.73. The van der Waals surface area contributed by atoms with Crippen molar-refractivity contribution in [2.75, 3.05) is 5.75 Å². The first-order valence-corrected chi connectivity index (χ1v) is 11.4. The Morgan fingerprint density at radius 3 is 2.48 bits per heavy atom. The third kappa shape index (κ3) is 4.34. The van der Waals surface area contributed by atoms with Crippen molar-refractivity contribution in [2.24, 2.45) is 0 Å². The number of para-hydroxylation sites is 1. The molecule has 2 heterocycles. The van der Waals surface area contributed by atoms with Gasteiger partial charge in [0.1, 0.15) is 0 Å². The van der Waals surface area contributed by atoms with Gasteiger partial charge in [0.05, 0.1) is 23.2 Å². The number of nitrogens with zero attached hydrogens (tertiary/aromatic N) is 4. The fourth-order valence-corrected chi connectivity index (χ4v) is 4.38. The molecule has 1 amide bonds. The molecule has 4 rings (SSSR count). The Morgan fingerprint density at radius 1 is 1.03 bits per heavy atom. The lowest BCUT2D eigenvalue weighted by Crippen LogP contribution is -2.35. The minimum absolute atomic E-state index is 0.0302. The normalized spacial score (nSPS) is 11.5. The molecule has 1 N–H and O–H groups in total. The maximum absolute atomic E-state index is 13.2. The first-order valence-electron chi connectivity index (χ1n) is 10.4. The average molecular weight is 436 g/mol. The van der Waals surface area contributed by atoms with Crippen LogP contribution < -0.4 is 10.9 Å². The van der Waals surface area contributed by atoms with Crippen LogP contribution in [0.2, 0.25) is 0 Å². The van der Waals surface area contributed by atoms with Gasteiger partial charge in [-0.1, -0.05) is 68.1 Å². The van der Waals surface area contributed by atoms with Gasteiger partial charge in [0.25, 0.3) is 5.56 Å². The number of nitrogens with one attached hydrogen (secondary N) is 1. The van der Waals surface area contributed by atoms with Crippen LogP contribution in [0.5, 0.6) is 0 Å². The van der Waals surface area contributed by atoms with Crippen molar-refractivity contribution in [3.8, 4) is 0 Å². The predicted octanol–water partition coefficient (Wildman–Crippen LogP) is 3.49. The van der Waals surface area contributed by atoms with Crippen LogP contribution in [0.25, 0.3) is 16.7 Å². The lowest BCUT2D eigenvalue weighted by Gasteiger charge is -2.14. The molecule has 8 heteroatoms. The molecule has 7 nitrogen and oxygen atoms in total. The van der Waals surface area contributed by atoms with Crippen LogP contribution in [0.15, 0.2) is 64.5 Å². The second kappa shape index (κ2) is 9.34. The minimum Gasteiger partial charge on any atom is -0.353 e. The number of amides is 1. The van der Waals surface area contributed by atoms with Gasteiger partial charge in [0.15, 0.2) is 5.16 Å². The summed E-state index contributed by atoms with van der Waals surface area (Å²) in [6.45, 7) is 4.52. The van der Waals surface area contributed by atoms with E-state index in [1.165, 1.54) is 11.8 Å². The molecule has 0 radical (unpaired) electrons. The monoisotopic (exact) mass is 435 g/mol. The molecule has 0 unspecified atom stereocenters. The Kier molecular flexibility index (Phi) is 6.36. The maximum Gasteiger partial charge on any atom is 0.263 e. The summed E-state index contributed by atoms with van der Waals surface area (Å²) in [5.74, 6) is 0.677. The van der Waals surface area contributed by atoms with E-state index in [1.54, 1.807) is 4.57 Å². The Hall–Kier alpha value is -3.13. The first kappa shape index (κ1) is 21.1. The summed E-state index contributed by atoms with van der Waals surface area (Å²) >= 11 is 1.33. The highest BCUT2D eigenvalue weighted by Gasteiger charge is 2.18. The van der Waals surface area contributed by atoms with Crippen molar-refractivity contribution in [3.05, 3.63) is 70.5 Å². The highest BCUT2D eigenvalue weighted by atomic mass is 32.2. The molecule has 160 valence electrons. The van der Waals surface area contributed by atoms with E-state index in [-0.39, 0.29) is 23.3 Å². The Morgan fingerprint density at radius 2 is 1.74 bits per heavy atom. The van der Waals surface area contributed by atoms with Crippen molar-refractivity contribution in [1.82, 2.24) is 24.5 Å². The number of carbonyl (C=O) groups excluding carboxylic acids is 1. The quantitative estimate of drug-likeness (QED) is 0.429. The smallest absolute Gasteiger partial charge is 0.263 e. The van der Waals surface area contributed by atoms with Gasteiger partial charge in [-0.25, -0.2) is 0 Å². The molecule has 0 saturated carbocycles. The predicted molar refractivity (Wildman–Crippen MR) is 124 cm³/mol. The van der Waals surface area contributed by atoms with Gasteiger partial charge in [0.2, 0.25) is 11.7 Å². The number of aromatic nitrogens is 4. The second-order valence-corrected chi connectivity index (χ2v) is 8.32. The minimum atomic E-state index is -0.109. The largest absolute Gasteiger partial charge is 0.353 e. The molecule has 0 spiro atoms. The second-order valence-electron chi connectivity index (χ2n) is 7.38. The van der Waals surface area contributed by atoms with Crippen LogP contribution in [0.3, 0.4) is 0 Å². The molecule has 0 aliphatic heterocycles. The van der Waals surface area contributed by atoms with Crippen molar-refractivity contribution in [1.29, 1.82) is 0 Å². The fourth-order valence-electron chi connectivity index (χ4n) is 3.63. The Labute approximate surface area is 184 Å². The van der Waals surface area contributed by atoms with Crippen molar-refractivity contribution in [2.45, 2.75) is 44.4 Å². The zero-order chi connectivity index (χ0) is 21.8. The first-order chi connectivity index (χ1) is 15.1. The van der Waals surface area contributed by atoms with Gasteiger partial charge in [0, 0.05) is 6.04 Å². The molecule has 0 bridgehead atoms. The highest BCUT2D eigenvalue weighted by molar-refractivity contribution is 7.99. The third-order valence-corrected chi connectivity index (χ3v) is 6.27. The van der Waals surface area contributed by atoms with E-state index < -0.39 is 0 Å². The fraction of sp³-hybridized carbons (Fsp3) is 0.304. The number of benzene rings is 2. The van der Waals surface area contributed by atoms with E-state index >= 15 is 0 Å². The number of rotatable bonds is 8. The number of fused-ring (bicyclic) bond motifs is 3. The standard InChI is InChI=1S/C23H25N5O2S/c1-3-17(4-2)24-20(29)15-31-23-26-25-22-27(14-16-10-6-5-7-11-16)21(30)18-12-8-9-13-19(18)28(22)23/h5-13,17H,3-4,14-15H2,1-2H3,(H,24,29). The summed E-state index contributed by atoms with van der Waals surface area (Å²) in [5, 5.41) is 12.9. The summed E-state index contributed by atoms with van der Waals surface area (Å²) in [6.07, 6.45) is 1.80. The van der Waals surface area contributed by atoms with Crippen LogP contribution in [0.1, 0.15) is 32.3 Å². The zero-order valence-electron chi connectivity index (χ0n) is 17.6. The van der Waals surface area contributed by atoms with Gasteiger partial charge < -0.3 is 5.32 Å².